The largest absolute Gasteiger partial charge is 0.324 e. The van der Waals surface area contributed by atoms with Crippen LogP contribution in [0.2, 0.25) is 0 Å². The summed E-state index contributed by atoms with van der Waals surface area (Å²) in [7, 11) is 0. The van der Waals surface area contributed by atoms with Crippen molar-refractivity contribution in [3.8, 4) is 0 Å². The van der Waals surface area contributed by atoms with E-state index in [1.807, 2.05) is 18.3 Å². The number of carbonyl (C=O) groups excluding carboxylic acids is 1. The van der Waals surface area contributed by atoms with E-state index in [9.17, 15) is 14.9 Å². The van der Waals surface area contributed by atoms with E-state index in [1.54, 1.807) is 6.07 Å². The maximum atomic E-state index is 12.6. The molecule has 7 heteroatoms. The Morgan fingerprint density at radius 3 is 2.92 bits per heavy atom. The Balaban J connectivity index is 1.48. The summed E-state index contributed by atoms with van der Waals surface area (Å²) in [5, 5.41) is 16.0. The van der Waals surface area contributed by atoms with Gasteiger partial charge in [0.25, 0.3) is 5.69 Å². The predicted octanol–water partition coefficient (Wildman–Crippen LogP) is 3.91. The van der Waals surface area contributed by atoms with Crippen molar-refractivity contribution in [2.45, 2.75) is 32.2 Å². The molecule has 136 valence electrons. The van der Waals surface area contributed by atoms with Crippen LogP contribution in [0.4, 0.5) is 11.4 Å². The second kappa shape index (κ2) is 6.81. The van der Waals surface area contributed by atoms with Gasteiger partial charge in [0.2, 0.25) is 5.91 Å². The topological polar surface area (TPSA) is 75.5 Å². The van der Waals surface area contributed by atoms with Crippen LogP contribution in [0.3, 0.4) is 0 Å². The summed E-state index contributed by atoms with van der Waals surface area (Å²) in [6.07, 6.45) is 3.43. The number of anilines is 1. The SMILES string of the molecule is Cc1ccc([N+](=O)[O-])cc1NC(=O)CN1CCc2sccc2[C@H]1C1CC1. The summed E-state index contributed by atoms with van der Waals surface area (Å²) >= 11 is 1.81. The minimum atomic E-state index is -0.443. The van der Waals surface area contributed by atoms with Crippen molar-refractivity contribution in [2.75, 3.05) is 18.4 Å². The molecular formula is C19H21N3O3S. The summed E-state index contributed by atoms with van der Waals surface area (Å²) in [6, 6.07) is 7.09. The Bertz CT molecular complexity index is 859. The van der Waals surface area contributed by atoms with Crippen LogP contribution in [-0.2, 0) is 11.2 Å². The first-order valence-corrected chi connectivity index (χ1v) is 9.76. The summed E-state index contributed by atoms with van der Waals surface area (Å²) in [6.45, 7) is 3.04. The van der Waals surface area contributed by atoms with Gasteiger partial charge >= 0.3 is 0 Å². The Morgan fingerprint density at radius 1 is 1.38 bits per heavy atom. The molecule has 2 heterocycles. The number of nitro groups is 1. The highest BCUT2D eigenvalue weighted by Gasteiger charge is 2.40. The van der Waals surface area contributed by atoms with Crippen LogP contribution in [0.1, 0.15) is 34.9 Å². The molecule has 1 N–H and O–H groups in total. The smallest absolute Gasteiger partial charge is 0.271 e. The van der Waals surface area contributed by atoms with Gasteiger partial charge in [0.15, 0.2) is 0 Å². The third-order valence-electron chi connectivity index (χ3n) is 5.24. The summed E-state index contributed by atoms with van der Waals surface area (Å²) in [4.78, 5) is 26.9. The van der Waals surface area contributed by atoms with Gasteiger partial charge in [-0.15, -0.1) is 11.3 Å². The Kier molecular flexibility index (Phi) is 4.50. The Hall–Kier alpha value is -2.25. The maximum Gasteiger partial charge on any atom is 0.271 e. The molecule has 1 aliphatic heterocycles. The molecule has 0 radical (unpaired) electrons. The quantitative estimate of drug-likeness (QED) is 0.639. The molecule has 1 amide bonds. The maximum absolute atomic E-state index is 12.6. The molecule has 26 heavy (non-hydrogen) atoms. The number of thiophene rings is 1. The molecule has 2 aliphatic rings. The summed E-state index contributed by atoms with van der Waals surface area (Å²) < 4.78 is 0. The summed E-state index contributed by atoms with van der Waals surface area (Å²) in [5.74, 6) is 0.536. The Morgan fingerprint density at radius 2 is 2.19 bits per heavy atom. The zero-order chi connectivity index (χ0) is 18.3. The lowest BCUT2D eigenvalue weighted by Gasteiger charge is -2.35. The molecule has 1 atom stereocenters. The molecule has 0 bridgehead atoms. The van der Waals surface area contributed by atoms with Gasteiger partial charge in [-0.25, -0.2) is 0 Å². The molecule has 1 fully saturated rings. The number of hydrogen-bond donors (Lipinski definition) is 1. The van der Waals surface area contributed by atoms with Crippen LogP contribution < -0.4 is 5.32 Å². The third kappa shape index (κ3) is 3.37. The lowest BCUT2D eigenvalue weighted by atomic mass is 9.96. The van der Waals surface area contributed by atoms with E-state index in [0.29, 0.717) is 24.2 Å². The molecule has 1 aliphatic carbocycles. The van der Waals surface area contributed by atoms with Crippen LogP contribution >= 0.6 is 11.3 Å². The molecule has 6 nitrogen and oxygen atoms in total. The van der Waals surface area contributed by atoms with Gasteiger partial charge < -0.3 is 5.32 Å². The number of nitro benzene ring substituents is 1. The number of non-ortho nitro benzene ring substituents is 1. The van der Waals surface area contributed by atoms with Crippen LogP contribution in [0.25, 0.3) is 0 Å². The predicted molar refractivity (Wildman–Crippen MR) is 102 cm³/mol. The van der Waals surface area contributed by atoms with Crippen LogP contribution in [0.5, 0.6) is 0 Å². The van der Waals surface area contributed by atoms with Crippen molar-refractivity contribution >= 4 is 28.6 Å². The zero-order valence-corrected chi connectivity index (χ0v) is 15.4. The van der Waals surface area contributed by atoms with Crippen molar-refractivity contribution in [1.82, 2.24) is 4.90 Å². The monoisotopic (exact) mass is 371 g/mol. The number of rotatable bonds is 5. The molecular weight excluding hydrogens is 350 g/mol. The number of fused-ring (bicyclic) bond motifs is 1. The first-order valence-electron chi connectivity index (χ1n) is 8.88. The van der Waals surface area contributed by atoms with E-state index in [1.165, 1.54) is 35.4 Å². The van der Waals surface area contributed by atoms with Crippen molar-refractivity contribution in [3.05, 3.63) is 55.8 Å². The number of nitrogens with one attached hydrogen (secondary N) is 1. The van der Waals surface area contributed by atoms with Gasteiger partial charge in [0.05, 0.1) is 17.2 Å². The number of amides is 1. The Labute approximate surface area is 156 Å². The lowest BCUT2D eigenvalue weighted by molar-refractivity contribution is -0.384. The number of benzene rings is 1. The minimum Gasteiger partial charge on any atom is -0.324 e. The third-order valence-corrected chi connectivity index (χ3v) is 6.24. The summed E-state index contributed by atoms with van der Waals surface area (Å²) in [5.41, 5.74) is 2.72. The van der Waals surface area contributed by atoms with E-state index in [-0.39, 0.29) is 11.6 Å². The molecule has 2 aromatic rings. The molecule has 1 aromatic heterocycles. The standard InChI is InChI=1S/C19H21N3O3S/c1-12-2-5-14(22(24)25)10-16(12)20-18(23)11-21-8-6-17-15(7-9-26-17)19(21)13-3-4-13/h2,5,7,9-10,13,19H,3-4,6,8,11H2,1H3,(H,20,23)/t19-/m1/s1. The molecule has 1 saturated carbocycles. The van der Waals surface area contributed by atoms with Crippen molar-refractivity contribution in [2.24, 2.45) is 5.92 Å². The fourth-order valence-corrected chi connectivity index (χ4v) is 4.68. The first-order chi connectivity index (χ1) is 12.5. The van der Waals surface area contributed by atoms with Gasteiger partial charge in [-0.05, 0) is 54.7 Å². The fourth-order valence-electron chi connectivity index (χ4n) is 3.77. The van der Waals surface area contributed by atoms with Gasteiger partial charge in [-0.2, -0.15) is 0 Å². The first kappa shape index (κ1) is 17.2. The second-order valence-electron chi connectivity index (χ2n) is 7.11. The average Bonchev–Trinajstić information content (AvgIpc) is 3.32. The van der Waals surface area contributed by atoms with E-state index in [0.717, 1.165) is 18.5 Å². The van der Waals surface area contributed by atoms with E-state index in [4.69, 9.17) is 0 Å². The number of aryl methyl sites for hydroxylation is 1. The van der Waals surface area contributed by atoms with Crippen molar-refractivity contribution in [1.29, 1.82) is 0 Å². The van der Waals surface area contributed by atoms with Gasteiger partial charge in [-0.3, -0.25) is 19.8 Å². The van der Waals surface area contributed by atoms with E-state index in [2.05, 4.69) is 21.7 Å². The highest BCUT2D eigenvalue weighted by Crippen LogP contribution is 2.48. The zero-order valence-electron chi connectivity index (χ0n) is 14.6. The highest BCUT2D eigenvalue weighted by molar-refractivity contribution is 7.10. The van der Waals surface area contributed by atoms with Gasteiger partial charge in [-0.1, -0.05) is 6.07 Å². The normalized spacial score (nSPS) is 19.8. The minimum absolute atomic E-state index is 0.0114. The number of nitrogens with zero attached hydrogens (tertiary/aromatic N) is 2. The second-order valence-corrected chi connectivity index (χ2v) is 8.11. The van der Waals surface area contributed by atoms with E-state index < -0.39 is 4.92 Å². The van der Waals surface area contributed by atoms with Gasteiger partial charge in [0.1, 0.15) is 0 Å². The van der Waals surface area contributed by atoms with Crippen molar-refractivity contribution in [3.63, 3.8) is 0 Å². The van der Waals surface area contributed by atoms with Crippen LogP contribution in [-0.4, -0.2) is 28.8 Å². The molecule has 4 rings (SSSR count). The molecule has 0 unspecified atom stereocenters. The molecule has 0 saturated heterocycles. The lowest BCUT2D eigenvalue weighted by Crippen LogP contribution is -2.41. The molecule has 0 spiro atoms. The molecule has 1 aromatic carbocycles. The number of carbonyl (C=O) groups is 1. The van der Waals surface area contributed by atoms with Crippen LogP contribution in [0.15, 0.2) is 29.6 Å². The average molecular weight is 371 g/mol. The van der Waals surface area contributed by atoms with Gasteiger partial charge in [0, 0.05) is 29.6 Å². The van der Waals surface area contributed by atoms with Crippen molar-refractivity contribution < 1.29 is 9.72 Å². The highest BCUT2D eigenvalue weighted by atomic mass is 32.1. The van der Waals surface area contributed by atoms with Crippen LogP contribution in [0, 0.1) is 23.0 Å². The fraction of sp³-hybridized carbons (Fsp3) is 0.421. The number of hydrogen-bond acceptors (Lipinski definition) is 5. The van der Waals surface area contributed by atoms with E-state index >= 15 is 0 Å².